The minimum absolute atomic E-state index is 0.116. The summed E-state index contributed by atoms with van der Waals surface area (Å²) in [6, 6.07) is 23.5. The number of nitrogens with one attached hydrogen (secondary N) is 1. The molecule has 0 bridgehead atoms. The molecule has 3 aromatic carbocycles. The molecule has 4 rings (SSSR count). The van der Waals surface area contributed by atoms with Gasteiger partial charge in [-0.2, -0.15) is 0 Å². The Balaban J connectivity index is 1.55. The van der Waals surface area contributed by atoms with Crippen LogP contribution in [0.4, 0.5) is 10.1 Å². The summed E-state index contributed by atoms with van der Waals surface area (Å²) in [5.41, 5.74) is 2.00. The molecule has 0 aliphatic heterocycles. The monoisotopic (exact) mass is 462 g/mol. The maximum atomic E-state index is 14.5. The van der Waals surface area contributed by atoms with E-state index in [-0.39, 0.29) is 17.5 Å². The van der Waals surface area contributed by atoms with E-state index in [9.17, 15) is 9.18 Å². The quantitative estimate of drug-likeness (QED) is 0.344. The zero-order chi connectivity index (χ0) is 23.0. The van der Waals surface area contributed by atoms with Crippen LogP contribution in [0.5, 0.6) is 5.75 Å². The van der Waals surface area contributed by atoms with Crippen LogP contribution in [-0.4, -0.2) is 33.0 Å². The number of halogens is 1. The van der Waals surface area contributed by atoms with Gasteiger partial charge in [-0.1, -0.05) is 66.4 Å². The molecule has 0 saturated heterocycles. The van der Waals surface area contributed by atoms with Crippen LogP contribution in [0.3, 0.4) is 0 Å². The molecule has 0 aliphatic rings. The third-order valence-corrected chi connectivity index (χ3v) is 5.78. The van der Waals surface area contributed by atoms with Crippen LogP contribution < -0.4 is 10.1 Å². The van der Waals surface area contributed by atoms with Crippen LogP contribution in [-0.2, 0) is 11.3 Å². The van der Waals surface area contributed by atoms with Crippen LogP contribution >= 0.6 is 11.8 Å². The fourth-order valence-corrected chi connectivity index (χ4v) is 4.05. The molecule has 1 heterocycles. The Bertz CT molecular complexity index is 1230. The van der Waals surface area contributed by atoms with Crippen molar-refractivity contribution in [1.82, 2.24) is 14.8 Å². The molecule has 1 aromatic heterocycles. The lowest BCUT2D eigenvalue weighted by Crippen LogP contribution is -2.15. The Kier molecular flexibility index (Phi) is 7.36. The molecular weight excluding hydrogens is 439 g/mol. The predicted molar refractivity (Wildman–Crippen MR) is 128 cm³/mol. The lowest BCUT2D eigenvalue weighted by Gasteiger charge is -2.12. The molecule has 0 spiro atoms. The van der Waals surface area contributed by atoms with Gasteiger partial charge in [-0.15, -0.1) is 10.2 Å². The summed E-state index contributed by atoms with van der Waals surface area (Å²) in [7, 11) is 0. The van der Waals surface area contributed by atoms with Gasteiger partial charge in [-0.05, 0) is 36.8 Å². The van der Waals surface area contributed by atoms with Gasteiger partial charge in [0.2, 0.25) is 5.91 Å². The van der Waals surface area contributed by atoms with E-state index in [0.717, 1.165) is 5.56 Å². The van der Waals surface area contributed by atoms with Crippen LogP contribution in [0.2, 0.25) is 0 Å². The van der Waals surface area contributed by atoms with Crippen molar-refractivity contribution in [2.45, 2.75) is 18.6 Å². The van der Waals surface area contributed by atoms with Crippen LogP contribution in [0.15, 0.2) is 84.0 Å². The topological polar surface area (TPSA) is 69.0 Å². The second-order valence-corrected chi connectivity index (χ2v) is 8.07. The van der Waals surface area contributed by atoms with E-state index in [1.54, 1.807) is 24.3 Å². The van der Waals surface area contributed by atoms with Crippen molar-refractivity contribution in [3.05, 3.63) is 90.2 Å². The molecule has 0 fully saturated rings. The predicted octanol–water partition coefficient (Wildman–Crippen LogP) is 5.26. The molecular formula is C25H23FN4O2S. The highest BCUT2D eigenvalue weighted by atomic mass is 32.2. The summed E-state index contributed by atoms with van der Waals surface area (Å²) < 4.78 is 21.9. The first-order chi connectivity index (χ1) is 16.2. The van der Waals surface area contributed by atoms with E-state index in [0.29, 0.717) is 41.1 Å². The molecule has 8 heteroatoms. The van der Waals surface area contributed by atoms with Gasteiger partial charge in [0.05, 0.1) is 30.2 Å². The van der Waals surface area contributed by atoms with E-state index in [2.05, 4.69) is 15.5 Å². The fourth-order valence-electron chi connectivity index (χ4n) is 3.31. The second kappa shape index (κ2) is 10.8. The van der Waals surface area contributed by atoms with Crippen molar-refractivity contribution in [3.8, 4) is 17.1 Å². The Morgan fingerprint density at radius 2 is 1.73 bits per heavy atom. The number of carbonyl (C=O) groups is 1. The van der Waals surface area contributed by atoms with E-state index < -0.39 is 0 Å². The summed E-state index contributed by atoms with van der Waals surface area (Å²) in [5, 5.41) is 11.9. The summed E-state index contributed by atoms with van der Waals surface area (Å²) in [4.78, 5) is 12.6. The van der Waals surface area contributed by atoms with E-state index >= 15 is 0 Å². The molecule has 1 amide bonds. The van der Waals surface area contributed by atoms with Crippen LogP contribution in [0.25, 0.3) is 11.4 Å². The first-order valence-corrected chi connectivity index (χ1v) is 11.5. The maximum Gasteiger partial charge on any atom is 0.234 e. The molecule has 1 N–H and O–H groups in total. The van der Waals surface area contributed by atoms with Crippen molar-refractivity contribution < 1.29 is 13.9 Å². The smallest absolute Gasteiger partial charge is 0.234 e. The van der Waals surface area contributed by atoms with Crippen molar-refractivity contribution in [1.29, 1.82) is 0 Å². The lowest BCUT2D eigenvalue weighted by molar-refractivity contribution is -0.113. The minimum Gasteiger partial charge on any atom is -0.492 e. The van der Waals surface area contributed by atoms with Crippen LogP contribution in [0, 0.1) is 5.82 Å². The zero-order valence-corrected chi connectivity index (χ0v) is 18.9. The highest BCUT2D eigenvalue weighted by Crippen LogP contribution is 2.28. The number of benzene rings is 3. The molecule has 0 unspecified atom stereocenters. The number of amides is 1. The van der Waals surface area contributed by atoms with Gasteiger partial charge in [-0.25, -0.2) is 4.39 Å². The Hall–Kier alpha value is -3.65. The fraction of sp³-hybridized carbons (Fsp3) is 0.160. The first-order valence-electron chi connectivity index (χ1n) is 10.5. The van der Waals surface area contributed by atoms with Gasteiger partial charge in [-0.3, -0.25) is 9.36 Å². The molecule has 0 saturated carbocycles. The van der Waals surface area contributed by atoms with Crippen molar-refractivity contribution >= 4 is 23.4 Å². The van der Waals surface area contributed by atoms with Gasteiger partial charge in [0.15, 0.2) is 11.0 Å². The number of para-hydroxylation sites is 2. The Labute approximate surface area is 195 Å². The van der Waals surface area contributed by atoms with E-state index in [4.69, 9.17) is 4.74 Å². The Morgan fingerprint density at radius 3 is 2.52 bits per heavy atom. The standard InChI is InChI=1S/C25H23FN4O2S/c1-2-32-22-15-9-8-14-21(22)27-23(31)17-33-25-29-28-24(19-12-6-7-13-20(19)26)30(25)16-18-10-4-3-5-11-18/h3-15H,2,16-17H2,1H3,(H,27,31). The zero-order valence-electron chi connectivity index (χ0n) is 18.1. The molecule has 33 heavy (non-hydrogen) atoms. The van der Waals surface area contributed by atoms with Crippen LogP contribution in [0.1, 0.15) is 12.5 Å². The van der Waals surface area contributed by atoms with E-state index in [1.165, 1.54) is 17.8 Å². The van der Waals surface area contributed by atoms with Gasteiger partial charge in [0, 0.05) is 0 Å². The van der Waals surface area contributed by atoms with E-state index in [1.807, 2.05) is 60.0 Å². The third kappa shape index (κ3) is 5.59. The number of aromatic nitrogens is 3. The summed E-state index contributed by atoms with van der Waals surface area (Å²) in [6.45, 7) is 2.85. The highest BCUT2D eigenvalue weighted by Gasteiger charge is 2.18. The van der Waals surface area contributed by atoms with Crippen molar-refractivity contribution in [3.63, 3.8) is 0 Å². The number of hydrogen-bond acceptors (Lipinski definition) is 5. The molecule has 0 radical (unpaired) electrons. The van der Waals surface area contributed by atoms with Gasteiger partial charge in [0.1, 0.15) is 11.6 Å². The summed E-state index contributed by atoms with van der Waals surface area (Å²) >= 11 is 1.25. The van der Waals surface area contributed by atoms with Gasteiger partial charge in [0.25, 0.3) is 0 Å². The number of anilines is 1. The molecule has 4 aromatic rings. The number of carbonyl (C=O) groups excluding carboxylic acids is 1. The molecule has 6 nitrogen and oxygen atoms in total. The summed E-state index contributed by atoms with van der Waals surface area (Å²) in [5.74, 6) is 0.578. The molecule has 0 aliphatic carbocycles. The number of nitrogens with zero attached hydrogens (tertiary/aromatic N) is 3. The SMILES string of the molecule is CCOc1ccccc1NC(=O)CSc1nnc(-c2ccccc2F)n1Cc1ccccc1. The largest absolute Gasteiger partial charge is 0.492 e. The average molecular weight is 463 g/mol. The number of thioether (sulfide) groups is 1. The lowest BCUT2D eigenvalue weighted by atomic mass is 10.2. The average Bonchev–Trinajstić information content (AvgIpc) is 3.22. The number of ether oxygens (including phenoxy) is 1. The Morgan fingerprint density at radius 1 is 1.00 bits per heavy atom. The summed E-state index contributed by atoms with van der Waals surface area (Å²) in [6.07, 6.45) is 0. The normalized spacial score (nSPS) is 10.7. The van der Waals surface area contributed by atoms with Crippen molar-refractivity contribution in [2.24, 2.45) is 0 Å². The first kappa shape index (κ1) is 22.5. The van der Waals surface area contributed by atoms with Gasteiger partial charge >= 0.3 is 0 Å². The van der Waals surface area contributed by atoms with Gasteiger partial charge < -0.3 is 10.1 Å². The highest BCUT2D eigenvalue weighted by molar-refractivity contribution is 7.99. The minimum atomic E-state index is -0.374. The molecule has 0 atom stereocenters. The second-order valence-electron chi connectivity index (χ2n) is 7.12. The number of rotatable bonds is 9. The third-order valence-electron chi connectivity index (χ3n) is 4.81. The van der Waals surface area contributed by atoms with Crippen molar-refractivity contribution in [2.75, 3.05) is 17.7 Å². The maximum absolute atomic E-state index is 14.5. The molecule has 168 valence electrons. The number of hydrogen-bond donors (Lipinski definition) is 1.